The van der Waals surface area contributed by atoms with Gasteiger partial charge in [-0.15, -0.1) is 0 Å². The largest absolute Gasteiger partial charge is 0.378 e. The molecule has 0 aromatic rings. The number of hydrogen-bond acceptors (Lipinski definition) is 3. The maximum atomic E-state index is 5.49. The molecule has 3 nitrogen and oxygen atoms in total. The molecule has 0 unspecified atom stereocenters. The molecule has 1 aliphatic heterocycles. The van der Waals surface area contributed by atoms with Crippen molar-refractivity contribution < 1.29 is 4.74 Å². The molecule has 0 amide bonds. The van der Waals surface area contributed by atoms with Gasteiger partial charge in [-0.25, -0.2) is 0 Å². The molecule has 1 heterocycles. The number of ether oxygens (including phenoxy) is 1. The van der Waals surface area contributed by atoms with Crippen molar-refractivity contribution in [1.82, 2.24) is 10.2 Å². The third kappa shape index (κ3) is 3.56. The zero-order valence-electron chi connectivity index (χ0n) is 9.81. The first-order chi connectivity index (χ1) is 6.67. The molecule has 0 aliphatic carbocycles. The van der Waals surface area contributed by atoms with Gasteiger partial charge in [-0.05, 0) is 33.4 Å². The average Bonchev–Trinajstić information content (AvgIpc) is 2.14. The first kappa shape index (κ1) is 12.0. The quantitative estimate of drug-likeness (QED) is 0.673. The van der Waals surface area contributed by atoms with Crippen LogP contribution in [0.4, 0.5) is 0 Å². The number of hydrogen-bond donors (Lipinski definition) is 1. The van der Waals surface area contributed by atoms with Crippen molar-refractivity contribution in [2.45, 2.75) is 32.7 Å². The molecule has 0 spiro atoms. The Bertz CT molecular complexity index is 159. The Morgan fingerprint density at radius 1 is 1.43 bits per heavy atom. The van der Waals surface area contributed by atoms with Gasteiger partial charge in [0.1, 0.15) is 0 Å². The van der Waals surface area contributed by atoms with E-state index in [1.54, 1.807) is 0 Å². The summed E-state index contributed by atoms with van der Waals surface area (Å²) in [4.78, 5) is 2.54. The van der Waals surface area contributed by atoms with Gasteiger partial charge in [0.05, 0.1) is 13.2 Å². The van der Waals surface area contributed by atoms with E-state index < -0.39 is 0 Å². The molecule has 0 bridgehead atoms. The van der Waals surface area contributed by atoms with Crippen LogP contribution in [-0.2, 0) is 4.74 Å². The van der Waals surface area contributed by atoms with E-state index in [9.17, 15) is 0 Å². The van der Waals surface area contributed by atoms with Gasteiger partial charge in [-0.2, -0.15) is 0 Å². The lowest BCUT2D eigenvalue weighted by Gasteiger charge is -2.42. The lowest BCUT2D eigenvalue weighted by Crippen LogP contribution is -2.53. The lowest BCUT2D eigenvalue weighted by atomic mass is 10.0. The van der Waals surface area contributed by atoms with Crippen LogP contribution in [0.15, 0.2) is 0 Å². The van der Waals surface area contributed by atoms with E-state index in [0.29, 0.717) is 0 Å². The maximum Gasteiger partial charge on any atom is 0.0645 e. The molecular weight excluding hydrogens is 176 g/mol. The summed E-state index contributed by atoms with van der Waals surface area (Å²) in [6, 6.07) is 0. The van der Waals surface area contributed by atoms with Crippen LogP contribution in [0.3, 0.4) is 0 Å². The summed E-state index contributed by atoms with van der Waals surface area (Å²) in [6.45, 7) is 12.9. The molecule has 0 saturated carbocycles. The summed E-state index contributed by atoms with van der Waals surface area (Å²) >= 11 is 0. The lowest BCUT2D eigenvalue weighted by molar-refractivity contribution is -0.0510. The van der Waals surface area contributed by atoms with Crippen molar-refractivity contribution in [1.29, 1.82) is 0 Å². The van der Waals surface area contributed by atoms with Crippen LogP contribution in [-0.4, -0.2) is 49.8 Å². The molecule has 1 N–H and O–H groups in total. The number of nitrogens with one attached hydrogen (secondary N) is 1. The van der Waals surface area contributed by atoms with Gasteiger partial charge in [-0.1, -0.05) is 6.92 Å². The smallest absolute Gasteiger partial charge is 0.0645 e. The fraction of sp³-hybridized carbons (Fsp3) is 1.00. The molecule has 3 heteroatoms. The van der Waals surface area contributed by atoms with Crippen molar-refractivity contribution in [2.75, 3.05) is 39.4 Å². The highest BCUT2D eigenvalue weighted by atomic mass is 16.5. The fourth-order valence-electron chi connectivity index (χ4n) is 1.88. The minimum Gasteiger partial charge on any atom is -0.378 e. The van der Waals surface area contributed by atoms with Crippen molar-refractivity contribution in [3.05, 3.63) is 0 Å². The van der Waals surface area contributed by atoms with Crippen molar-refractivity contribution in [2.24, 2.45) is 0 Å². The van der Waals surface area contributed by atoms with Gasteiger partial charge in [0.25, 0.3) is 0 Å². The van der Waals surface area contributed by atoms with Gasteiger partial charge >= 0.3 is 0 Å². The third-order valence-corrected chi connectivity index (χ3v) is 2.85. The Hall–Kier alpha value is -0.120. The van der Waals surface area contributed by atoms with E-state index in [4.69, 9.17) is 4.74 Å². The Labute approximate surface area is 87.8 Å². The van der Waals surface area contributed by atoms with Crippen molar-refractivity contribution in [3.8, 4) is 0 Å². The second-order valence-electron chi connectivity index (χ2n) is 4.56. The van der Waals surface area contributed by atoms with Crippen LogP contribution in [0.1, 0.15) is 27.2 Å². The van der Waals surface area contributed by atoms with Gasteiger partial charge in [0, 0.05) is 18.6 Å². The van der Waals surface area contributed by atoms with Gasteiger partial charge in [0.15, 0.2) is 0 Å². The predicted molar refractivity (Wildman–Crippen MR) is 59.6 cm³/mol. The fourth-order valence-corrected chi connectivity index (χ4v) is 1.88. The predicted octanol–water partition coefficient (Wildman–Crippen LogP) is 1.10. The number of rotatable bonds is 5. The molecule has 0 aromatic heterocycles. The van der Waals surface area contributed by atoms with Crippen LogP contribution in [0.2, 0.25) is 0 Å². The molecule has 1 aliphatic rings. The maximum absolute atomic E-state index is 5.49. The van der Waals surface area contributed by atoms with E-state index in [0.717, 1.165) is 32.8 Å². The second kappa shape index (κ2) is 5.69. The Balaban J connectivity index is 2.20. The van der Waals surface area contributed by atoms with Crippen LogP contribution in [0.5, 0.6) is 0 Å². The topological polar surface area (TPSA) is 24.5 Å². The Kier molecular flexibility index (Phi) is 4.85. The number of nitrogens with zero attached hydrogens (tertiary/aromatic N) is 1. The van der Waals surface area contributed by atoms with E-state index >= 15 is 0 Å². The van der Waals surface area contributed by atoms with Gasteiger partial charge in [-0.3, -0.25) is 4.90 Å². The highest BCUT2D eigenvalue weighted by Crippen LogP contribution is 2.18. The molecule has 1 fully saturated rings. The van der Waals surface area contributed by atoms with E-state index in [2.05, 4.69) is 31.0 Å². The van der Waals surface area contributed by atoms with Gasteiger partial charge < -0.3 is 10.1 Å². The zero-order valence-corrected chi connectivity index (χ0v) is 9.81. The molecule has 1 saturated heterocycles. The van der Waals surface area contributed by atoms with Crippen LogP contribution < -0.4 is 5.32 Å². The average molecular weight is 200 g/mol. The minimum atomic E-state index is 0.227. The highest BCUT2D eigenvalue weighted by molar-refractivity contribution is 4.84. The first-order valence-corrected chi connectivity index (χ1v) is 5.70. The van der Waals surface area contributed by atoms with E-state index in [-0.39, 0.29) is 5.54 Å². The number of morpholine rings is 1. The normalized spacial score (nSPS) is 22.5. The Morgan fingerprint density at radius 3 is 2.86 bits per heavy atom. The van der Waals surface area contributed by atoms with E-state index in [1.165, 1.54) is 13.0 Å². The second-order valence-corrected chi connectivity index (χ2v) is 4.56. The molecule has 84 valence electrons. The van der Waals surface area contributed by atoms with Crippen LogP contribution in [0, 0.1) is 0 Å². The van der Waals surface area contributed by atoms with Crippen molar-refractivity contribution >= 4 is 0 Å². The molecular formula is C11H24N2O. The summed E-state index contributed by atoms with van der Waals surface area (Å²) < 4.78 is 5.49. The molecule has 0 radical (unpaired) electrons. The Morgan fingerprint density at radius 2 is 2.21 bits per heavy atom. The van der Waals surface area contributed by atoms with Crippen LogP contribution >= 0.6 is 0 Å². The van der Waals surface area contributed by atoms with Crippen molar-refractivity contribution in [3.63, 3.8) is 0 Å². The van der Waals surface area contributed by atoms with Gasteiger partial charge in [0.2, 0.25) is 0 Å². The monoisotopic (exact) mass is 200 g/mol. The summed E-state index contributed by atoms with van der Waals surface area (Å²) in [5.74, 6) is 0. The standard InChI is InChI=1S/C11H24N2O/c1-4-12-6-5-7-13-8-9-14-10-11(13,2)3/h12H,4-10H2,1-3H3. The summed E-state index contributed by atoms with van der Waals surface area (Å²) in [5, 5.41) is 3.36. The first-order valence-electron chi connectivity index (χ1n) is 5.70. The minimum absolute atomic E-state index is 0.227. The zero-order chi connectivity index (χ0) is 10.4. The highest BCUT2D eigenvalue weighted by Gasteiger charge is 2.29. The molecule has 1 rings (SSSR count). The summed E-state index contributed by atoms with van der Waals surface area (Å²) in [6.07, 6.45) is 1.23. The summed E-state index contributed by atoms with van der Waals surface area (Å²) in [7, 11) is 0. The molecule has 0 aromatic carbocycles. The molecule has 14 heavy (non-hydrogen) atoms. The van der Waals surface area contributed by atoms with E-state index in [1.807, 2.05) is 0 Å². The summed E-state index contributed by atoms with van der Waals surface area (Å²) in [5.41, 5.74) is 0.227. The SMILES string of the molecule is CCNCCCN1CCOCC1(C)C. The molecule has 0 atom stereocenters. The third-order valence-electron chi connectivity index (χ3n) is 2.85. The van der Waals surface area contributed by atoms with Crippen LogP contribution in [0.25, 0.3) is 0 Å².